The highest BCUT2D eigenvalue weighted by Gasteiger charge is 2.20. The summed E-state index contributed by atoms with van der Waals surface area (Å²) in [5.41, 5.74) is -0.433. The predicted octanol–water partition coefficient (Wildman–Crippen LogP) is -0.0780. The fraction of sp³-hybridized carbons (Fsp3) is 0.538. The number of fused-ring (bicyclic) bond motifs is 1. The lowest BCUT2D eigenvalue weighted by atomic mass is 10.3. The van der Waals surface area contributed by atoms with Gasteiger partial charge in [-0.15, -0.1) is 5.10 Å². The van der Waals surface area contributed by atoms with Crippen molar-refractivity contribution >= 4 is 22.8 Å². The van der Waals surface area contributed by atoms with Crippen LogP contribution in [0.3, 0.4) is 0 Å². The summed E-state index contributed by atoms with van der Waals surface area (Å²) in [5, 5.41) is 11.7. The molecule has 0 saturated carbocycles. The van der Waals surface area contributed by atoms with E-state index in [9.17, 15) is 9.59 Å². The SMILES string of the molecule is CCCCn1nnnc1Cn1c(Cl)nc2c1c(=O)n(C)c(=O)n2C. The van der Waals surface area contributed by atoms with Gasteiger partial charge in [-0.1, -0.05) is 13.3 Å². The highest BCUT2D eigenvalue weighted by atomic mass is 35.5. The molecule has 3 rings (SSSR count). The van der Waals surface area contributed by atoms with Crippen LogP contribution in [0.1, 0.15) is 25.6 Å². The van der Waals surface area contributed by atoms with Crippen LogP contribution < -0.4 is 11.2 Å². The number of imidazole rings is 1. The third-order valence-corrected chi connectivity index (χ3v) is 4.22. The average molecular weight is 353 g/mol. The first kappa shape index (κ1) is 16.4. The predicted molar refractivity (Wildman–Crippen MR) is 87.1 cm³/mol. The molecule has 3 aromatic rings. The van der Waals surface area contributed by atoms with Crippen LogP contribution in [0.15, 0.2) is 9.59 Å². The Morgan fingerprint density at radius 1 is 1.17 bits per heavy atom. The summed E-state index contributed by atoms with van der Waals surface area (Å²) < 4.78 is 5.51. The molecule has 11 heteroatoms. The maximum atomic E-state index is 12.5. The quantitative estimate of drug-likeness (QED) is 0.595. The van der Waals surface area contributed by atoms with Crippen molar-refractivity contribution < 1.29 is 0 Å². The molecule has 0 aliphatic rings. The second-order valence-corrected chi connectivity index (χ2v) is 5.85. The van der Waals surface area contributed by atoms with Crippen molar-refractivity contribution in [3.8, 4) is 0 Å². The highest BCUT2D eigenvalue weighted by Crippen LogP contribution is 2.17. The van der Waals surface area contributed by atoms with E-state index in [1.54, 1.807) is 11.7 Å². The van der Waals surface area contributed by atoms with Crippen LogP contribution in [0.2, 0.25) is 5.28 Å². The molecule has 128 valence electrons. The van der Waals surface area contributed by atoms with E-state index in [0.717, 1.165) is 17.4 Å². The molecule has 0 spiro atoms. The number of nitrogens with zero attached hydrogens (tertiary/aromatic N) is 8. The maximum absolute atomic E-state index is 12.5. The smallest absolute Gasteiger partial charge is 0.301 e. The van der Waals surface area contributed by atoms with Crippen molar-refractivity contribution in [2.45, 2.75) is 32.9 Å². The first-order valence-corrected chi connectivity index (χ1v) is 7.90. The Hall–Kier alpha value is -2.49. The first-order chi connectivity index (χ1) is 11.5. The Bertz CT molecular complexity index is 1010. The summed E-state index contributed by atoms with van der Waals surface area (Å²) in [7, 11) is 2.96. The van der Waals surface area contributed by atoms with E-state index in [1.807, 2.05) is 0 Å². The normalized spacial score (nSPS) is 11.5. The van der Waals surface area contributed by atoms with Gasteiger partial charge in [0.2, 0.25) is 5.28 Å². The zero-order chi connectivity index (χ0) is 17.4. The van der Waals surface area contributed by atoms with E-state index >= 15 is 0 Å². The van der Waals surface area contributed by atoms with Gasteiger partial charge in [0.1, 0.15) is 0 Å². The Kier molecular flexibility index (Phi) is 4.22. The molecule has 3 aromatic heterocycles. The zero-order valence-corrected chi connectivity index (χ0v) is 14.4. The number of halogens is 1. The molecular weight excluding hydrogens is 336 g/mol. The standard InChI is InChI=1S/C13H17ClN8O2/c1-4-5-6-22-8(16-17-18-22)7-21-9-10(15-12(21)14)19(2)13(24)20(3)11(9)23/h4-7H2,1-3H3. The van der Waals surface area contributed by atoms with Gasteiger partial charge in [-0.2, -0.15) is 4.98 Å². The molecule has 24 heavy (non-hydrogen) atoms. The molecule has 3 heterocycles. The van der Waals surface area contributed by atoms with E-state index in [2.05, 4.69) is 27.4 Å². The van der Waals surface area contributed by atoms with Crippen molar-refractivity contribution in [1.29, 1.82) is 0 Å². The fourth-order valence-electron chi connectivity index (χ4n) is 2.52. The minimum absolute atomic E-state index is 0.105. The van der Waals surface area contributed by atoms with Crippen LogP contribution in [0.5, 0.6) is 0 Å². The minimum Gasteiger partial charge on any atom is -0.301 e. The number of hydrogen-bond donors (Lipinski definition) is 0. The van der Waals surface area contributed by atoms with Crippen molar-refractivity contribution in [2.24, 2.45) is 14.1 Å². The van der Waals surface area contributed by atoms with Crippen molar-refractivity contribution in [3.63, 3.8) is 0 Å². The molecule has 0 unspecified atom stereocenters. The lowest BCUT2D eigenvalue weighted by molar-refractivity contribution is 0.525. The number of hydrogen-bond acceptors (Lipinski definition) is 6. The van der Waals surface area contributed by atoms with Crippen LogP contribution >= 0.6 is 11.6 Å². The maximum Gasteiger partial charge on any atom is 0.332 e. The second-order valence-electron chi connectivity index (χ2n) is 5.52. The van der Waals surface area contributed by atoms with Crippen molar-refractivity contribution in [1.82, 2.24) is 38.9 Å². The van der Waals surface area contributed by atoms with E-state index in [0.29, 0.717) is 12.4 Å². The van der Waals surface area contributed by atoms with Gasteiger partial charge in [-0.3, -0.25) is 13.9 Å². The van der Waals surface area contributed by atoms with Crippen molar-refractivity contribution in [3.05, 3.63) is 31.9 Å². The minimum atomic E-state index is -0.458. The number of aromatic nitrogens is 8. The van der Waals surface area contributed by atoms with Crippen LogP contribution in [0.25, 0.3) is 11.2 Å². The van der Waals surface area contributed by atoms with Gasteiger partial charge in [0.05, 0.1) is 6.54 Å². The Labute approximate surface area is 141 Å². The van der Waals surface area contributed by atoms with E-state index in [1.165, 1.54) is 16.2 Å². The van der Waals surface area contributed by atoms with Gasteiger partial charge in [0, 0.05) is 20.6 Å². The molecule has 0 aliphatic carbocycles. The third kappa shape index (κ3) is 2.52. The highest BCUT2D eigenvalue weighted by molar-refractivity contribution is 6.29. The Morgan fingerprint density at radius 2 is 1.92 bits per heavy atom. The molecule has 0 radical (unpaired) electrons. The molecule has 0 amide bonds. The molecule has 0 saturated heterocycles. The van der Waals surface area contributed by atoms with E-state index in [-0.39, 0.29) is 23.0 Å². The summed E-state index contributed by atoms with van der Waals surface area (Å²) in [6, 6.07) is 0. The van der Waals surface area contributed by atoms with Gasteiger partial charge in [0.25, 0.3) is 5.56 Å². The third-order valence-electron chi connectivity index (χ3n) is 3.93. The van der Waals surface area contributed by atoms with Gasteiger partial charge in [-0.25, -0.2) is 9.48 Å². The monoisotopic (exact) mass is 352 g/mol. The molecule has 0 fully saturated rings. The second kappa shape index (κ2) is 6.19. The molecule has 10 nitrogen and oxygen atoms in total. The van der Waals surface area contributed by atoms with Crippen LogP contribution in [0.4, 0.5) is 0 Å². The molecule has 0 N–H and O–H groups in total. The molecular formula is C13H17ClN8O2. The average Bonchev–Trinajstić information content (AvgIpc) is 3.14. The lowest BCUT2D eigenvalue weighted by Crippen LogP contribution is -2.37. The Balaban J connectivity index is 2.15. The van der Waals surface area contributed by atoms with E-state index < -0.39 is 11.2 Å². The number of aryl methyl sites for hydroxylation is 2. The molecule has 0 atom stereocenters. The van der Waals surface area contributed by atoms with Gasteiger partial charge in [-0.05, 0) is 28.4 Å². The topological polar surface area (TPSA) is 105 Å². The van der Waals surface area contributed by atoms with Crippen molar-refractivity contribution in [2.75, 3.05) is 0 Å². The molecule has 0 aliphatic heterocycles. The number of tetrazole rings is 1. The summed E-state index contributed by atoms with van der Waals surface area (Å²) in [6.07, 6.45) is 1.95. The van der Waals surface area contributed by atoms with E-state index in [4.69, 9.17) is 11.6 Å². The molecule has 0 aromatic carbocycles. The number of unbranched alkanes of at least 4 members (excludes halogenated alkanes) is 1. The summed E-state index contributed by atoms with van der Waals surface area (Å²) in [4.78, 5) is 28.7. The summed E-state index contributed by atoms with van der Waals surface area (Å²) in [5.74, 6) is 0.570. The fourth-order valence-corrected chi connectivity index (χ4v) is 2.75. The number of rotatable bonds is 5. The lowest BCUT2D eigenvalue weighted by Gasteiger charge is -2.07. The van der Waals surface area contributed by atoms with Gasteiger partial charge < -0.3 is 4.57 Å². The molecule has 0 bridgehead atoms. The first-order valence-electron chi connectivity index (χ1n) is 7.52. The van der Waals surface area contributed by atoms with Gasteiger partial charge in [0.15, 0.2) is 17.0 Å². The van der Waals surface area contributed by atoms with Crippen LogP contribution in [-0.2, 0) is 27.2 Å². The zero-order valence-electron chi connectivity index (χ0n) is 13.6. The van der Waals surface area contributed by atoms with Crippen LogP contribution in [-0.4, -0.2) is 38.9 Å². The summed E-state index contributed by atoms with van der Waals surface area (Å²) >= 11 is 6.20. The van der Waals surface area contributed by atoms with Crippen LogP contribution in [0, 0.1) is 0 Å². The summed E-state index contributed by atoms with van der Waals surface area (Å²) in [6.45, 7) is 2.95. The van der Waals surface area contributed by atoms with Gasteiger partial charge >= 0.3 is 5.69 Å². The largest absolute Gasteiger partial charge is 0.332 e. The Morgan fingerprint density at radius 3 is 2.62 bits per heavy atom.